The lowest BCUT2D eigenvalue weighted by molar-refractivity contribution is -0.124. The fraction of sp³-hybridized carbons (Fsp3) is 0.405. The fourth-order valence-electron chi connectivity index (χ4n) is 5.89. The van der Waals surface area contributed by atoms with Gasteiger partial charge in [0.15, 0.2) is 0 Å². The number of carbonyl (C=O) groups is 3. The van der Waals surface area contributed by atoms with Gasteiger partial charge in [0.05, 0.1) is 24.4 Å². The van der Waals surface area contributed by atoms with E-state index in [0.717, 1.165) is 28.1 Å². The summed E-state index contributed by atoms with van der Waals surface area (Å²) in [6.45, 7) is 10.3. The van der Waals surface area contributed by atoms with Gasteiger partial charge in [-0.3, -0.25) is 14.8 Å². The Morgan fingerprint density at radius 2 is 1.45 bits per heavy atom. The summed E-state index contributed by atoms with van der Waals surface area (Å²) < 4.78 is 5.46. The van der Waals surface area contributed by atoms with Crippen molar-refractivity contribution in [3.05, 3.63) is 131 Å². The van der Waals surface area contributed by atoms with Crippen LogP contribution in [0.2, 0.25) is 0 Å². The zero-order valence-electron chi connectivity index (χ0n) is 31.7. The van der Waals surface area contributed by atoms with Crippen molar-refractivity contribution in [1.82, 2.24) is 30.8 Å². The molecule has 11 nitrogen and oxygen atoms in total. The first-order valence-corrected chi connectivity index (χ1v) is 18.1. The number of urea groups is 1. The largest absolute Gasteiger partial charge is 0.445 e. The maximum Gasteiger partial charge on any atom is 0.407 e. The van der Waals surface area contributed by atoms with Crippen LogP contribution >= 0.6 is 0 Å². The molecule has 0 aliphatic carbocycles. The number of aliphatic hydroxyl groups excluding tert-OH is 1. The molecule has 4 aromatic rings. The Balaban J connectivity index is 1.48. The molecule has 0 bridgehead atoms. The lowest BCUT2D eigenvalue weighted by atomic mass is 9.91. The molecule has 0 radical (unpaired) electrons. The summed E-state index contributed by atoms with van der Waals surface area (Å²) in [5, 5.41) is 20.6. The van der Waals surface area contributed by atoms with Crippen LogP contribution in [-0.4, -0.2) is 69.3 Å². The molecule has 11 heteroatoms. The van der Waals surface area contributed by atoms with E-state index in [1.54, 1.807) is 31.6 Å². The van der Waals surface area contributed by atoms with Crippen LogP contribution in [-0.2, 0) is 40.9 Å². The first-order valence-electron chi connectivity index (χ1n) is 18.1. The average molecular weight is 723 g/mol. The first-order chi connectivity index (χ1) is 25.3. The number of hydrogen-bond acceptors (Lipinski definition) is 7. The van der Waals surface area contributed by atoms with Crippen LogP contribution in [0.1, 0.15) is 69.1 Å². The SMILES string of the molecule is CC(C)C(NC(=O)N(C)Cc1cccc(C(C)(C)C)n1)C(=O)N[C@@H](Cc1ccccc1)C[C@H](O)[C@H](Cc1ccccc1)NC(=O)OCc1cccnc1. The number of carbonyl (C=O) groups excluding carboxylic acids is 3. The van der Waals surface area contributed by atoms with Gasteiger partial charge >= 0.3 is 12.1 Å². The van der Waals surface area contributed by atoms with Gasteiger partial charge < -0.3 is 30.7 Å². The van der Waals surface area contributed by atoms with Crippen molar-refractivity contribution in [2.24, 2.45) is 5.92 Å². The van der Waals surface area contributed by atoms with Gasteiger partial charge in [0, 0.05) is 42.2 Å². The van der Waals surface area contributed by atoms with Crippen LogP contribution in [0, 0.1) is 5.92 Å². The number of hydrogen-bond donors (Lipinski definition) is 4. The van der Waals surface area contributed by atoms with Crippen LogP contribution in [0.15, 0.2) is 103 Å². The van der Waals surface area contributed by atoms with Gasteiger partial charge in [0.25, 0.3) is 0 Å². The molecule has 2 aromatic carbocycles. The quantitative estimate of drug-likeness (QED) is 0.112. The number of benzene rings is 2. The molecule has 4 atom stereocenters. The van der Waals surface area contributed by atoms with E-state index in [1.165, 1.54) is 4.90 Å². The molecule has 2 heterocycles. The number of alkyl carbamates (subject to hydrolysis) is 1. The number of ether oxygens (including phenoxy) is 1. The highest BCUT2D eigenvalue weighted by Gasteiger charge is 2.31. The first kappa shape index (κ1) is 40.5. The molecule has 1 unspecified atom stereocenters. The Morgan fingerprint density at radius 1 is 0.811 bits per heavy atom. The van der Waals surface area contributed by atoms with Gasteiger partial charge in [-0.2, -0.15) is 0 Å². The fourth-order valence-corrected chi connectivity index (χ4v) is 5.89. The summed E-state index contributed by atoms with van der Waals surface area (Å²) in [5.74, 6) is -0.606. The molecule has 4 rings (SSSR count). The highest BCUT2D eigenvalue weighted by Crippen LogP contribution is 2.20. The molecule has 4 N–H and O–H groups in total. The third-order valence-corrected chi connectivity index (χ3v) is 8.91. The molecule has 0 saturated carbocycles. The topological polar surface area (TPSA) is 146 Å². The number of nitrogens with one attached hydrogen (secondary N) is 3. The maximum absolute atomic E-state index is 14.0. The summed E-state index contributed by atoms with van der Waals surface area (Å²) >= 11 is 0. The molecule has 0 saturated heterocycles. The molecule has 0 aliphatic heterocycles. The number of aromatic nitrogens is 2. The van der Waals surface area contributed by atoms with Gasteiger partial charge in [-0.25, -0.2) is 9.59 Å². The normalized spacial score (nSPS) is 13.7. The molecule has 4 amide bonds. The number of rotatable bonds is 16. The third-order valence-electron chi connectivity index (χ3n) is 8.91. The minimum atomic E-state index is -1.07. The van der Waals surface area contributed by atoms with E-state index in [1.807, 2.05) is 92.7 Å². The zero-order valence-corrected chi connectivity index (χ0v) is 31.7. The highest BCUT2D eigenvalue weighted by molar-refractivity contribution is 5.87. The Morgan fingerprint density at radius 3 is 2.06 bits per heavy atom. The summed E-state index contributed by atoms with van der Waals surface area (Å²) in [6.07, 6.45) is 2.39. The van der Waals surface area contributed by atoms with Crippen LogP contribution in [0.5, 0.6) is 0 Å². The van der Waals surface area contributed by atoms with Gasteiger partial charge in [0.2, 0.25) is 5.91 Å². The Kier molecular flexibility index (Phi) is 14.9. The number of nitrogens with zero attached hydrogens (tertiary/aromatic N) is 3. The smallest absolute Gasteiger partial charge is 0.407 e. The van der Waals surface area contributed by atoms with Crippen LogP contribution in [0.25, 0.3) is 0 Å². The second-order valence-corrected chi connectivity index (χ2v) is 14.9. The van der Waals surface area contributed by atoms with E-state index < -0.39 is 36.4 Å². The summed E-state index contributed by atoms with van der Waals surface area (Å²) in [4.78, 5) is 50.7. The molecule has 53 heavy (non-hydrogen) atoms. The van der Waals surface area contributed by atoms with E-state index >= 15 is 0 Å². The van der Waals surface area contributed by atoms with E-state index in [-0.39, 0.29) is 36.8 Å². The van der Waals surface area contributed by atoms with Crippen LogP contribution < -0.4 is 16.0 Å². The predicted octanol–water partition coefficient (Wildman–Crippen LogP) is 5.96. The monoisotopic (exact) mass is 722 g/mol. The van der Waals surface area contributed by atoms with Gasteiger partial charge in [-0.05, 0) is 54.5 Å². The van der Waals surface area contributed by atoms with E-state index in [4.69, 9.17) is 9.72 Å². The van der Waals surface area contributed by atoms with Crippen molar-refractivity contribution < 1.29 is 24.2 Å². The number of amides is 4. The molecule has 0 aliphatic rings. The minimum absolute atomic E-state index is 0.0256. The molecule has 282 valence electrons. The van der Waals surface area contributed by atoms with Gasteiger partial charge in [-0.15, -0.1) is 0 Å². The predicted molar refractivity (Wildman–Crippen MR) is 206 cm³/mol. The highest BCUT2D eigenvalue weighted by atomic mass is 16.5. The molecule has 0 fully saturated rings. The van der Waals surface area contributed by atoms with E-state index in [0.29, 0.717) is 12.8 Å². The van der Waals surface area contributed by atoms with Gasteiger partial charge in [0.1, 0.15) is 12.6 Å². The van der Waals surface area contributed by atoms with Crippen LogP contribution in [0.3, 0.4) is 0 Å². The summed E-state index contributed by atoms with van der Waals surface area (Å²) in [5.41, 5.74) is 4.15. The van der Waals surface area contributed by atoms with Crippen molar-refractivity contribution in [3.8, 4) is 0 Å². The van der Waals surface area contributed by atoms with E-state index in [2.05, 4.69) is 41.7 Å². The maximum atomic E-state index is 14.0. The molecular formula is C42H54N6O5. The lowest BCUT2D eigenvalue weighted by Gasteiger charge is -2.30. The second-order valence-electron chi connectivity index (χ2n) is 14.9. The van der Waals surface area contributed by atoms with Crippen molar-refractivity contribution in [2.45, 2.75) is 96.7 Å². The van der Waals surface area contributed by atoms with Crippen molar-refractivity contribution in [1.29, 1.82) is 0 Å². The van der Waals surface area contributed by atoms with E-state index in [9.17, 15) is 19.5 Å². The van der Waals surface area contributed by atoms with Crippen molar-refractivity contribution >= 4 is 18.0 Å². The van der Waals surface area contributed by atoms with Crippen molar-refractivity contribution in [3.63, 3.8) is 0 Å². The third kappa shape index (κ3) is 13.3. The summed E-state index contributed by atoms with van der Waals surface area (Å²) in [6, 6.07) is 26.1. The number of pyridine rings is 2. The standard InChI is InChI=1S/C42H54N6O5/c1-29(2)38(47-40(51)48(6)27-33-20-13-21-37(44-33)42(3,4)5)39(50)45-34(23-30-15-9-7-10-16-30)25-36(49)35(24-31-17-11-8-12-18-31)46-41(52)53-28-32-19-14-22-43-26-32/h7-22,26,29,34-36,38,49H,23-25,27-28H2,1-6H3,(H,45,50)(H,46,52)(H,47,51)/t34-,35-,36-,38?/m0/s1. The zero-order chi connectivity index (χ0) is 38.4. The molecule has 2 aromatic heterocycles. The van der Waals surface area contributed by atoms with Gasteiger partial charge in [-0.1, -0.05) is 107 Å². The average Bonchev–Trinajstić information content (AvgIpc) is 3.13. The Labute approximate surface area is 313 Å². The van der Waals surface area contributed by atoms with Crippen LogP contribution in [0.4, 0.5) is 9.59 Å². The number of aliphatic hydroxyl groups is 1. The van der Waals surface area contributed by atoms with Crippen molar-refractivity contribution in [2.75, 3.05) is 7.05 Å². The Bertz CT molecular complexity index is 1730. The Hall–Kier alpha value is -5.29. The minimum Gasteiger partial charge on any atom is -0.445 e. The molecule has 0 spiro atoms. The summed E-state index contributed by atoms with van der Waals surface area (Å²) in [7, 11) is 1.67. The lowest BCUT2D eigenvalue weighted by Crippen LogP contribution is -2.55. The second kappa shape index (κ2) is 19.5. The molecular weight excluding hydrogens is 668 g/mol.